The van der Waals surface area contributed by atoms with Crippen molar-refractivity contribution in [3.63, 3.8) is 0 Å². The second kappa shape index (κ2) is 7.02. The third-order valence-electron chi connectivity index (χ3n) is 3.15. The molecule has 2 heteroatoms. The minimum atomic E-state index is -0.283. The Hall–Kier alpha value is -0.340. The van der Waals surface area contributed by atoms with E-state index in [-0.39, 0.29) is 12.2 Å². The second-order valence-electron chi connectivity index (χ2n) is 4.67. The van der Waals surface area contributed by atoms with Gasteiger partial charge in [0.05, 0.1) is 12.2 Å². The molecule has 88 valence electrons. The van der Waals surface area contributed by atoms with Gasteiger partial charge in [-0.15, -0.1) is 0 Å². The van der Waals surface area contributed by atoms with Gasteiger partial charge in [0.1, 0.15) is 0 Å². The molecule has 0 amide bonds. The van der Waals surface area contributed by atoms with Crippen LogP contribution in [0.15, 0.2) is 12.2 Å². The van der Waals surface area contributed by atoms with Crippen molar-refractivity contribution in [2.45, 2.75) is 64.1 Å². The molecule has 0 aliphatic heterocycles. The van der Waals surface area contributed by atoms with E-state index in [0.717, 1.165) is 32.1 Å². The average Bonchev–Trinajstić information content (AvgIpc) is 2.62. The Morgan fingerprint density at radius 3 is 2.73 bits per heavy atom. The van der Waals surface area contributed by atoms with E-state index in [1.165, 1.54) is 12.8 Å². The van der Waals surface area contributed by atoms with Crippen LogP contribution in [0.2, 0.25) is 0 Å². The lowest BCUT2D eigenvalue weighted by molar-refractivity contribution is 0.179. The van der Waals surface area contributed by atoms with Crippen LogP contribution in [0, 0.1) is 5.92 Å². The van der Waals surface area contributed by atoms with Gasteiger partial charge >= 0.3 is 0 Å². The Bertz CT molecular complexity index is 189. The van der Waals surface area contributed by atoms with E-state index in [9.17, 15) is 10.2 Å². The summed E-state index contributed by atoms with van der Waals surface area (Å²) in [5.74, 6) is 0.487. The molecule has 0 aromatic rings. The quantitative estimate of drug-likeness (QED) is 0.525. The minimum Gasteiger partial charge on any atom is -0.393 e. The molecule has 0 saturated heterocycles. The molecule has 0 spiro atoms. The molecule has 1 rings (SSSR count). The number of rotatable bonds is 6. The van der Waals surface area contributed by atoms with Gasteiger partial charge in [-0.05, 0) is 31.6 Å². The monoisotopic (exact) mass is 212 g/mol. The Labute approximate surface area is 93.0 Å². The van der Waals surface area contributed by atoms with Crippen molar-refractivity contribution < 1.29 is 10.2 Å². The zero-order valence-electron chi connectivity index (χ0n) is 9.73. The highest BCUT2D eigenvalue weighted by molar-refractivity contribution is 4.96. The lowest BCUT2D eigenvalue weighted by Gasteiger charge is -2.06. The van der Waals surface area contributed by atoms with E-state index in [4.69, 9.17) is 0 Å². The average molecular weight is 212 g/mol. The predicted octanol–water partition coefficient (Wildman–Crippen LogP) is 2.64. The summed E-state index contributed by atoms with van der Waals surface area (Å²) in [5, 5.41) is 19.0. The summed E-state index contributed by atoms with van der Waals surface area (Å²) >= 11 is 0. The molecule has 2 N–H and O–H groups in total. The van der Waals surface area contributed by atoms with Gasteiger partial charge in [-0.3, -0.25) is 0 Å². The van der Waals surface area contributed by atoms with Gasteiger partial charge in [0, 0.05) is 0 Å². The fraction of sp³-hybridized carbons (Fsp3) is 0.846. The second-order valence-corrected chi connectivity index (χ2v) is 4.67. The summed E-state index contributed by atoms with van der Waals surface area (Å²) in [4.78, 5) is 0. The molecule has 0 aromatic carbocycles. The number of hydrogen-bond acceptors (Lipinski definition) is 2. The standard InChI is InChI=1S/C13H24O2/c1-2-3-4-5-12(14)8-6-11-7-9-13(15)10-11/h6,8,11-15H,2-5,7,9-10H2,1H3. The molecular formula is C13H24O2. The minimum absolute atomic E-state index is 0.114. The Kier molecular flexibility index (Phi) is 5.96. The molecule has 15 heavy (non-hydrogen) atoms. The first kappa shape index (κ1) is 12.7. The zero-order chi connectivity index (χ0) is 11.1. The number of aliphatic hydroxyl groups is 2. The lowest BCUT2D eigenvalue weighted by atomic mass is 10.0. The van der Waals surface area contributed by atoms with Crippen LogP contribution in [0.1, 0.15) is 51.9 Å². The molecule has 3 unspecified atom stereocenters. The van der Waals surface area contributed by atoms with Crippen molar-refractivity contribution in [2.75, 3.05) is 0 Å². The van der Waals surface area contributed by atoms with Crippen molar-refractivity contribution in [2.24, 2.45) is 5.92 Å². The molecule has 0 radical (unpaired) electrons. The molecule has 2 nitrogen and oxygen atoms in total. The Morgan fingerprint density at radius 1 is 1.33 bits per heavy atom. The SMILES string of the molecule is CCCCCC(O)C=CC1CCC(O)C1. The van der Waals surface area contributed by atoms with Crippen molar-refractivity contribution in [3.05, 3.63) is 12.2 Å². The van der Waals surface area contributed by atoms with Crippen LogP contribution in [-0.2, 0) is 0 Å². The summed E-state index contributed by atoms with van der Waals surface area (Å²) < 4.78 is 0. The number of hydrogen-bond donors (Lipinski definition) is 2. The van der Waals surface area contributed by atoms with Crippen LogP contribution < -0.4 is 0 Å². The molecule has 0 aromatic heterocycles. The highest BCUT2D eigenvalue weighted by Crippen LogP contribution is 2.26. The van der Waals surface area contributed by atoms with Crippen LogP contribution in [0.25, 0.3) is 0 Å². The van der Waals surface area contributed by atoms with E-state index in [0.29, 0.717) is 5.92 Å². The van der Waals surface area contributed by atoms with E-state index < -0.39 is 0 Å². The van der Waals surface area contributed by atoms with Gasteiger partial charge in [0.25, 0.3) is 0 Å². The van der Waals surface area contributed by atoms with Crippen LogP contribution >= 0.6 is 0 Å². The van der Waals surface area contributed by atoms with Crippen molar-refractivity contribution >= 4 is 0 Å². The summed E-state index contributed by atoms with van der Waals surface area (Å²) in [7, 11) is 0. The van der Waals surface area contributed by atoms with Crippen molar-refractivity contribution in [1.29, 1.82) is 0 Å². The summed E-state index contributed by atoms with van der Waals surface area (Å²) in [5.41, 5.74) is 0. The molecule has 1 aliphatic carbocycles. The third kappa shape index (κ3) is 5.33. The third-order valence-corrected chi connectivity index (χ3v) is 3.15. The molecular weight excluding hydrogens is 188 g/mol. The van der Waals surface area contributed by atoms with E-state index in [2.05, 4.69) is 13.0 Å². The summed E-state index contributed by atoms with van der Waals surface area (Å²) in [6.45, 7) is 2.17. The lowest BCUT2D eigenvalue weighted by Crippen LogP contribution is -2.03. The van der Waals surface area contributed by atoms with Gasteiger partial charge in [0.15, 0.2) is 0 Å². The smallest absolute Gasteiger partial charge is 0.0721 e. The highest BCUT2D eigenvalue weighted by atomic mass is 16.3. The Morgan fingerprint density at radius 2 is 2.13 bits per heavy atom. The maximum atomic E-state index is 9.65. The Balaban J connectivity index is 2.13. The maximum absolute atomic E-state index is 9.65. The van der Waals surface area contributed by atoms with E-state index in [1.807, 2.05) is 6.08 Å². The van der Waals surface area contributed by atoms with Gasteiger partial charge in [-0.2, -0.15) is 0 Å². The fourth-order valence-corrected chi connectivity index (χ4v) is 2.15. The van der Waals surface area contributed by atoms with E-state index in [1.54, 1.807) is 0 Å². The van der Waals surface area contributed by atoms with Crippen molar-refractivity contribution in [3.8, 4) is 0 Å². The summed E-state index contributed by atoms with van der Waals surface area (Å²) in [6.07, 6.45) is 10.8. The molecule has 0 bridgehead atoms. The van der Waals surface area contributed by atoms with E-state index >= 15 is 0 Å². The molecule has 1 fully saturated rings. The normalized spacial score (nSPS) is 28.7. The molecule has 0 heterocycles. The van der Waals surface area contributed by atoms with Gasteiger partial charge in [-0.1, -0.05) is 38.3 Å². The first-order valence-electron chi connectivity index (χ1n) is 6.26. The van der Waals surface area contributed by atoms with Crippen LogP contribution in [-0.4, -0.2) is 22.4 Å². The van der Waals surface area contributed by atoms with Crippen molar-refractivity contribution in [1.82, 2.24) is 0 Å². The van der Waals surface area contributed by atoms with Crippen LogP contribution in [0.5, 0.6) is 0 Å². The molecule has 3 atom stereocenters. The van der Waals surface area contributed by atoms with Gasteiger partial charge < -0.3 is 10.2 Å². The van der Waals surface area contributed by atoms with Gasteiger partial charge in [0.2, 0.25) is 0 Å². The molecule has 1 aliphatic rings. The van der Waals surface area contributed by atoms with Crippen LogP contribution in [0.4, 0.5) is 0 Å². The summed E-state index contributed by atoms with van der Waals surface area (Å²) in [6, 6.07) is 0. The van der Waals surface area contributed by atoms with Crippen LogP contribution in [0.3, 0.4) is 0 Å². The number of allylic oxidation sites excluding steroid dienone is 1. The fourth-order valence-electron chi connectivity index (χ4n) is 2.15. The first-order chi connectivity index (χ1) is 7.22. The predicted molar refractivity (Wildman–Crippen MR) is 62.6 cm³/mol. The maximum Gasteiger partial charge on any atom is 0.0721 e. The zero-order valence-corrected chi connectivity index (χ0v) is 9.73. The number of aliphatic hydroxyl groups excluding tert-OH is 2. The highest BCUT2D eigenvalue weighted by Gasteiger charge is 2.20. The molecule has 1 saturated carbocycles. The van der Waals surface area contributed by atoms with Gasteiger partial charge in [-0.25, -0.2) is 0 Å². The number of unbranched alkanes of at least 4 members (excludes halogenated alkanes) is 2. The largest absolute Gasteiger partial charge is 0.393 e. The first-order valence-corrected chi connectivity index (χ1v) is 6.26. The topological polar surface area (TPSA) is 40.5 Å².